The van der Waals surface area contributed by atoms with Crippen molar-refractivity contribution in [2.45, 2.75) is 12.3 Å². The number of sulfonamides is 1. The van der Waals surface area contributed by atoms with E-state index in [-0.39, 0.29) is 5.75 Å². The van der Waals surface area contributed by atoms with Crippen LogP contribution in [0.5, 0.6) is 0 Å². The molecule has 5 heteroatoms. The van der Waals surface area contributed by atoms with Crippen LogP contribution >= 0.6 is 11.6 Å². The van der Waals surface area contributed by atoms with Crippen molar-refractivity contribution in [3.8, 4) is 0 Å². The van der Waals surface area contributed by atoms with E-state index in [2.05, 4.69) is 0 Å². The maximum absolute atomic E-state index is 12.3. The predicted molar refractivity (Wildman–Crippen MR) is 82.0 cm³/mol. The van der Waals surface area contributed by atoms with Gasteiger partial charge in [0.05, 0.1) is 5.75 Å². The normalized spacial score (nSPS) is 11.8. The molecule has 2 rings (SSSR count). The van der Waals surface area contributed by atoms with E-state index in [0.717, 1.165) is 11.1 Å². The first-order chi connectivity index (χ1) is 9.47. The van der Waals surface area contributed by atoms with Crippen molar-refractivity contribution >= 4 is 21.6 Å². The van der Waals surface area contributed by atoms with Gasteiger partial charge in [0.25, 0.3) is 0 Å². The summed E-state index contributed by atoms with van der Waals surface area (Å²) in [6, 6.07) is 16.4. The highest BCUT2D eigenvalue weighted by Crippen LogP contribution is 2.15. The zero-order chi connectivity index (χ0) is 14.6. The van der Waals surface area contributed by atoms with Crippen molar-refractivity contribution in [3.63, 3.8) is 0 Å². The Hall–Kier alpha value is -1.36. The summed E-state index contributed by atoms with van der Waals surface area (Å²) < 4.78 is 25.9. The SMILES string of the molecule is CN(Cc1cccc(Cl)c1)S(=O)(=O)Cc1ccccc1. The van der Waals surface area contributed by atoms with Gasteiger partial charge in [-0.15, -0.1) is 0 Å². The van der Waals surface area contributed by atoms with Crippen LogP contribution in [-0.2, 0) is 22.3 Å². The molecule has 0 unspecified atom stereocenters. The van der Waals surface area contributed by atoms with Crippen LogP contribution in [0, 0.1) is 0 Å². The van der Waals surface area contributed by atoms with Crippen LogP contribution in [0.4, 0.5) is 0 Å². The summed E-state index contributed by atoms with van der Waals surface area (Å²) in [4.78, 5) is 0. The standard InChI is InChI=1S/C15H16ClNO2S/c1-17(11-14-8-5-9-15(16)10-14)20(18,19)12-13-6-3-2-4-7-13/h2-10H,11-12H2,1H3. The number of hydrogen-bond donors (Lipinski definition) is 0. The van der Waals surface area contributed by atoms with E-state index in [9.17, 15) is 8.42 Å². The highest BCUT2D eigenvalue weighted by atomic mass is 35.5. The number of hydrogen-bond acceptors (Lipinski definition) is 2. The first-order valence-corrected chi connectivity index (χ1v) is 8.18. The summed E-state index contributed by atoms with van der Waals surface area (Å²) in [7, 11) is -1.75. The van der Waals surface area contributed by atoms with Gasteiger partial charge >= 0.3 is 0 Å². The van der Waals surface area contributed by atoms with Crippen molar-refractivity contribution in [1.82, 2.24) is 4.31 Å². The summed E-state index contributed by atoms with van der Waals surface area (Å²) in [6.07, 6.45) is 0. The second kappa shape index (κ2) is 6.39. The van der Waals surface area contributed by atoms with E-state index >= 15 is 0 Å². The summed E-state index contributed by atoms with van der Waals surface area (Å²) in [6.45, 7) is 0.315. The average Bonchev–Trinajstić information content (AvgIpc) is 2.39. The molecule has 0 aliphatic rings. The zero-order valence-electron chi connectivity index (χ0n) is 11.2. The van der Waals surface area contributed by atoms with E-state index in [1.807, 2.05) is 42.5 Å². The fourth-order valence-electron chi connectivity index (χ4n) is 1.89. The van der Waals surface area contributed by atoms with Crippen LogP contribution in [-0.4, -0.2) is 19.8 Å². The molecule has 3 nitrogen and oxygen atoms in total. The third-order valence-electron chi connectivity index (χ3n) is 2.96. The Bertz CT molecular complexity index is 671. The van der Waals surface area contributed by atoms with Crippen LogP contribution in [0.25, 0.3) is 0 Å². The molecule has 0 aromatic heterocycles. The molecule has 0 amide bonds. The number of nitrogens with zero attached hydrogens (tertiary/aromatic N) is 1. The minimum atomic E-state index is -3.33. The molecule has 0 fully saturated rings. The molecular weight excluding hydrogens is 294 g/mol. The maximum Gasteiger partial charge on any atom is 0.218 e. The van der Waals surface area contributed by atoms with Crippen LogP contribution in [0.15, 0.2) is 54.6 Å². The number of benzene rings is 2. The van der Waals surface area contributed by atoms with Crippen LogP contribution < -0.4 is 0 Å². The minimum Gasteiger partial charge on any atom is -0.212 e. The van der Waals surface area contributed by atoms with Gasteiger partial charge in [-0.1, -0.05) is 54.1 Å². The molecule has 0 aliphatic heterocycles. The summed E-state index contributed by atoms with van der Waals surface area (Å²) in [5.74, 6) is 0.00487. The highest BCUT2D eigenvalue weighted by molar-refractivity contribution is 7.88. The Kier molecular flexibility index (Phi) is 4.81. The molecule has 0 aliphatic carbocycles. The quantitative estimate of drug-likeness (QED) is 0.850. The third-order valence-corrected chi connectivity index (χ3v) is 4.97. The van der Waals surface area contributed by atoms with Gasteiger partial charge in [0.15, 0.2) is 0 Å². The molecule has 0 spiro atoms. The monoisotopic (exact) mass is 309 g/mol. The van der Waals surface area contributed by atoms with Crippen molar-refractivity contribution in [1.29, 1.82) is 0 Å². The zero-order valence-corrected chi connectivity index (χ0v) is 12.7. The Morgan fingerprint density at radius 2 is 1.65 bits per heavy atom. The van der Waals surface area contributed by atoms with Gasteiger partial charge in [0.2, 0.25) is 10.0 Å². The second-order valence-corrected chi connectivity index (χ2v) is 7.14. The second-order valence-electron chi connectivity index (χ2n) is 4.63. The van der Waals surface area contributed by atoms with E-state index in [1.165, 1.54) is 4.31 Å². The molecule has 0 saturated carbocycles. The van der Waals surface area contributed by atoms with Crippen molar-refractivity contribution in [2.24, 2.45) is 0 Å². The molecule has 2 aromatic carbocycles. The highest BCUT2D eigenvalue weighted by Gasteiger charge is 2.18. The van der Waals surface area contributed by atoms with Crippen LogP contribution in [0.2, 0.25) is 5.02 Å². The van der Waals surface area contributed by atoms with Gasteiger partial charge in [-0.2, -0.15) is 0 Å². The Morgan fingerprint density at radius 3 is 2.30 bits per heavy atom. The molecule has 0 radical (unpaired) electrons. The number of rotatable bonds is 5. The van der Waals surface area contributed by atoms with Gasteiger partial charge < -0.3 is 0 Å². The molecule has 0 bridgehead atoms. The Balaban J connectivity index is 2.09. The van der Waals surface area contributed by atoms with Gasteiger partial charge in [-0.25, -0.2) is 12.7 Å². The van der Waals surface area contributed by atoms with E-state index in [0.29, 0.717) is 11.6 Å². The smallest absolute Gasteiger partial charge is 0.212 e. The lowest BCUT2D eigenvalue weighted by atomic mass is 10.2. The van der Waals surface area contributed by atoms with Crippen molar-refractivity contribution in [2.75, 3.05) is 7.05 Å². The van der Waals surface area contributed by atoms with Crippen molar-refractivity contribution in [3.05, 3.63) is 70.7 Å². The average molecular weight is 310 g/mol. The molecule has 0 heterocycles. The first kappa shape index (κ1) is 15.0. The van der Waals surface area contributed by atoms with Crippen LogP contribution in [0.1, 0.15) is 11.1 Å². The molecule has 20 heavy (non-hydrogen) atoms. The molecule has 0 saturated heterocycles. The third kappa shape index (κ3) is 4.07. The largest absolute Gasteiger partial charge is 0.218 e. The molecule has 0 atom stereocenters. The van der Waals surface area contributed by atoms with Gasteiger partial charge in [0.1, 0.15) is 0 Å². The molecular formula is C15H16ClNO2S. The van der Waals surface area contributed by atoms with Crippen molar-refractivity contribution < 1.29 is 8.42 Å². The minimum absolute atomic E-state index is 0.00487. The molecule has 106 valence electrons. The van der Waals surface area contributed by atoms with Gasteiger partial charge in [-0.3, -0.25) is 0 Å². The summed E-state index contributed by atoms with van der Waals surface area (Å²) >= 11 is 5.90. The lowest BCUT2D eigenvalue weighted by molar-refractivity contribution is 0.466. The van der Waals surface area contributed by atoms with E-state index < -0.39 is 10.0 Å². The molecule has 0 N–H and O–H groups in total. The van der Waals surface area contributed by atoms with E-state index in [1.54, 1.807) is 19.2 Å². The summed E-state index contributed by atoms with van der Waals surface area (Å²) in [5, 5.41) is 0.608. The Labute approximate surface area is 124 Å². The predicted octanol–water partition coefficient (Wildman–Crippen LogP) is 3.30. The van der Waals surface area contributed by atoms with E-state index in [4.69, 9.17) is 11.6 Å². The molecule has 2 aromatic rings. The lowest BCUT2D eigenvalue weighted by Gasteiger charge is -2.17. The van der Waals surface area contributed by atoms with Crippen LogP contribution in [0.3, 0.4) is 0 Å². The maximum atomic E-state index is 12.3. The Morgan fingerprint density at radius 1 is 1.00 bits per heavy atom. The fraction of sp³-hybridized carbons (Fsp3) is 0.200. The fourth-order valence-corrected chi connectivity index (χ4v) is 3.28. The van der Waals surface area contributed by atoms with Gasteiger partial charge in [0, 0.05) is 18.6 Å². The lowest BCUT2D eigenvalue weighted by Crippen LogP contribution is -2.27. The topological polar surface area (TPSA) is 37.4 Å². The first-order valence-electron chi connectivity index (χ1n) is 6.20. The number of halogens is 1. The van der Waals surface area contributed by atoms with Gasteiger partial charge in [-0.05, 0) is 23.3 Å². The summed E-state index contributed by atoms with van der Waals surface area (Å²) in [5.41, 5.74) is 1.65.